The Morgan fingerprint density at radius 2 is 1.93 bits per heavy atom. The number of nitrogens with zero attached hydrogens (tertiary/aromatic N) is 2. The van der Waals surface area contributed by atoms with Crippen LogP contribution >= 0.6 is 27.3 Å². The zero-order valence-electron chi connectivity index (χ0n) is 14.5. The fourth-order valence-corrected chi connectivity index (χ4v) is 5.97. The van der Waals surface area contributed by atoms with Gasteiger partial charge in [0.05, 0.1) is 12.0 Å². The highest BCUT2D eigenvalue weighted by molar-refractivity contribution is 9.10. The fourth-order valence-electron chi connectivity index (χ4n) is 2.96. The molecule has 0 atom stereocenters. The lowest BCUT2D eigenvalue weighted by molar-refractivity contribution is 0.0607. The molecule has 0 spiro atoms. The molecule has 0 unspecified atom stereocenters. The predicted molar refractivity (Wildman–Crippen MR) is 111 cm³/mol. The normalized spacial score (nSPS) is 11.6. The van der Waals surface area contributed by atoms with E-state index in [-0.39, 0.29) is 10.5 Å². The Balaban J connectivity index is 1.95. The molecule has 0 radical (unpaired) electrons. The maximum atomic E-state index is 13.0. The van der Waals surface area contributed by atoms with Gasteiger partial charge in [0.15, 0.2) is 5.65 Å². The van der Waals surface area contributed by atoms with Gasteiger partial charge in [-0.05, 0) is 45.8 Å². The zero-order chi connectivity index (χ0) is 19.9. The third kappa shape index (κ3) is 2.95. The monoisotopic (exact) mass is 476 g/mol. The first-order valence-corrected chi connectivity index (χ1v) is 11.2. The predicted octanol–water partition coefficient (Wildman–Crippen LogP) is 4.55. The average molecular weight is 477 g/mol. The van der Waals surface area contributed by atoms with Crippen LogP contribution in [0.1, 0.15) is 9.67 Å². The minimum Gasteiger partial charge on any atom is -0.465 e. The summed E-state index contributed by atoms with van der Waals surface area (Å²) in [6, 6.07) is 11.6. The summed E-state index contributed by atoms with van der Waals surface area (Å²) in [5.74, 6) is -0.452. The minimum atomic E-state index is -3.80. The van der Waals surface area contributed by atoms with Crippen molar-refractivity contribution in [1.29, 1.82) is 0 Å². The van der Waals surface area contributed by atoms with Crippen molar-refractivity contribution < 1.29 is 17.9 Å². The van der Waals surface area contributed by atoms with Gasteiger partial charge >= 0.3 is 5.97 Å². The molecule has 142 valence electrons. The molecule has 0 amide bonds. The van der Waals surface area contributed by atoms with Crippen LogP contribution in [0.15, 0.2) is 69.6 Å². The Morgan fingerprint density at radius 3 is 2.64 bits per heavy atom. The second-order valence-corrected chi connectivity index (χ2v) is 9.35. The Hall–Kier alpha value is -2.49. The van der Waals surface area contributed by atoms with E-state index >= 15 is 0 Å². The number of esters is 1. The summed E-state index contributed by atoms with van der Waals surface area (Å²) in [6.07, 6.45) is 3.00. The summed E-state index contributed by atoms with van der Waals surface area (Å²) in [5.41, 5.74) is 1.63. The van der Waals surface area contributed by atoms with Gasteiger partial charge in [0, 0.05) is 33.2 Å². The van der Waals surface area contributed by atoms with Crippen LogP contribution < -0.4 is 0 Å². The van der Waals surface area contributed by atoms with E-state index in [0.29, 0.717) is 21.4 Å². The van der Waals surface area contributed by atoms with E-state index in [0.717, 1.165) is 8.45 Å². The van der Waals surface area contributed by atoms with E-state index in [4.69, 9.17) is 4.74 Å². The van der Waals surface area contributed by atoms with Gasteiger partial charge in [-0.3, -0.25) is 0 Å². The van der Waals surface area contributed by atoms with Gasteiger partial charge in [-0.15, -0.1) is 11.3 Å². The molecule has 0 aliphatic rings. The summed E-state index contributed by atoms with van der Waals surface area (Å²) in [5, 5.41) is 2.41. The lowest BCUT2D eigenvalue weighted by Gasteiger charge is -2.09. The number of ether oxygens (including phenoxy) is 1. The van der Waals surface area contributed by atoms with Crippen molar-refractivity contribution in [3.05, 3.63) is 69.6 Å². The van der Waals surface area contributed by atoms with E-state index < -0.39 is 16.0 Å². The standard InChI is InChI=1S/C19H13BrN2O4S2/c1-26-19(23)17-16(15(20)11-27-17)13-7-9-21-18-14(13)8-10-22(18)28(24,25)12-5-3-2-4-6-12/h2-11H,1H3. The summed E-state index contributed by atoms with van der Waals surface area (Å²) >= 11 is 4.73. The van der Waals surface area contributed by atoms with E-state index in [1.807, 2.05) is 0 Å². The number of carbonyl (C=O) groups is 1. The first kappa shape index (κ1) is 18.9. The largest absolute Gasteiger partial charge is 0.465 e. The molecule has 3 heterocycles. The van der Waals surface area contributed by atoms with Gasteiger partial charge in [0.1, 0.15) is 4.88 Å². The molecule has 4 aromatic rings. The lowest BCUT2D eigenvalue weighted by Crippen LogP contribution is -2.12. The number of hydrogen-bond donors (Lipinski definition) is 0. The van der Waals surface area contributed by atoms with Crippen molar-refractivity contribution in [1.82, 2.24) is 8.96 Å². The number of carbonyl (C=O) groups excluding carboxylic acids is 1. The van der Waals surface area contributed by atoms with Crippen molar-refractivity contribution in [2.45, 2.75) is 4.90 Å². The molecule has 3 aromatic heterocycles. The SMILES string of the molecule is COC(=O)c1scc(Br)c1-c1ccnc2c1ccn2S(=O)(=O)c1ccccc1. The molecule has 6 nitrogen and oxygen atoms in total. The molecule has 9 heteroatoms. The molecule has 1 aromatic carbocycles. The molecular formula is C19H13BrN2O4S2. The molecule has 0 saturated carbocycles. The fraction of sp³-hybridized carbons (Fsp3) is 0.0526. The van der Waals surface area contributed by atoms with Crippen LogP contribution in [-0.2, 0) is 14.8 Å². The maximum absolute atomic E-state index is 13.0. The van der Waals surface area contributed by atoms with Crippen LogP contribution in [0, 0.1) is 0 Å². The molecule has 0 fully saturated rings. The van der Waals surface area contributed by atoms with Crippen LogP contribution in [0.3, 0.4) is 0 Å². The Morgan fingerprint density at radius 1 is 1.18 bits per heavy atom. The first-order chi connectivity index (χ1) is 13.4. The van der Waals surface area contributed by atoms with Crippen LogP contribution in [0.4, 0.5) is 0 Å². The number of methoxy groups -OCH3 is 1. The summed E-state index contributed by atoms with van der Waals surface area (Å²) in [7, 11) is -2.47. The number of fused-ring (bicyclic) bond motifs is 1. The van der Waals surface area contributed by atoms with Crippen molar-refractivity contribution in [3.63, 3.8) is 0 Å². The van der Waals surface area contributed by atoms with Gasteiger partial charge in [-0.25, -0.2) is 22.2 Å². The van der Waals surface area contributed by atoms with Crippen LogP contribution in [-0.4, -0.2) is 30.5 Å². The van der Waals surface area contributed by atoms with Gasteiger partial charge in [0.25, 0.3) is 10.0 Å². The summed E-state index contributed by atoms with van der Waals surface area (Å²) in [4.78, 5) is 17.0. The smallest absolute Gasteiger partial charge is 0.348 e. The highest BCUT2D eigenvalue weighted by atomic mass is 79.9. The van der Waals surface area contributed by atoms with Gasteiger partial charge < -0.3 is 4.74 Å². The van der Waals surface area contributed by atoms with Crippen LogP contribution in [0.2, 0.25) is 0 Å². The van der Waals surface area contributed by atoms with E-state index in [1.54, 1.807) is 35.7 Å². The average Bonchev–Trinajstić information content (AvgIpc) is 3.32. The van der Waals surface area contributed by atoms with Crippen LogP contribution in [0.5, 0.6) is 0 Å². The summed E-state index contributed by atoms with van der Waals surface area (Å²) in [6.45, 7) is 0. The number of halogens is 1. The van der Waals surface area contributed by atoms with Crippen LogP contribution in [0.25, 0.3) is 22.2 Å². The molecule has 0 saturated heterocycles. The van der Waals surface area contributed by atoms with Gasteiger partial charge in [-0.1, -0.05) is 18.2 Å². The maximum Gasteiger partial charge on any atom is 0.348 e. The summed E-state index contributed by atoms with van der Waals surface area (Å²) < 4.78 is 32.8. The number of benzene rings is 1. The molecule has 0 bridgehead atoms. The minimum absolute atomic E-state index is 0.173. The Kier molecular flexibility index (Phi) is 4.82. The van der Waals surface area contributed by atoms with Crippen molar-refractivity contribution in [2.24, 2.45) is 0 Å². The highest BCUT2D eigenvalue weighted by Gasteiger charge is 2.24. The van der Waals surface area contributed by atoms with Crippen molar-refractivity contribution in [3.8, 4) is 11.1 Å². The third-order valence-electron chi connectivity index (χ3n) is 4.24. The zero-order valence-corrected chi connectivity index (χ0v) is 17.7. The molecular weight excluding hydrogens is 464 g/mol. The number of rotatable bonds is 4. The van der Waals surface area contributed by atoms with Crippen molar-refractivity contribution >= 4 is 54.3 Å². The number of aromatic nitrogens is 2. The second-order valence-electron chi connectivity index (χ2n) is 5.80. The lowest BCUT2D eigenvalue weighted by atomic mass is 10.0. The first-order valence-electron chi connectivity index (χ1n) is 8.07. The van der Waals surface area contributed by atoms with E-state index in [1.165, 1.54) is 43.0 Å². The Bertz CT molecular complexity index is 1290. The van der Waals surface area contributed by atoms with E-state index in [9.17, 15) is 13.2 Å². The number of thiophene rings is 1. The molecule has 0 aliphatic carbocycles. The highest BCUT2D eigenvalue weighted by Crippen LogP contribution is 2.40. The molecule has 4 rings (SSSR count). The topological polar surface area (TPSA) is 78.3 Å². The molecule has 0 N–H and O–H groups in total. The Labute approximate surface area is 173 Å². The van der Waals surface area contributed by atoms with Gasteiger partial charge in [0.2, 0.25) is 0 Å². The second kappa shape index (κ2) is 7.16. The molecule has 28 heavy (non-hydrogen) atoms. The van der Waals surface area contributed by atoms with Crippen molar-refractivity contribution in [2.75, 3.05) is 7.11 Å². The number of pyridine rings is 1. The molecule has 0 aliphatic heterocycles. The quantitative estimate of drug-likeness (QED) is 0.403. The van der Waals surface area contributed by atoms with E-state index in [2.05, 4.69) is 20.9 Å². The third-order valence-corrected chi connectivity index (χ3v) is 7.81. The number of hydrogen-bond acceptors (Lipinski definition) is 6. The van der Waals surface area contributed by atoms with Gasteiger partial charge in [-0.2, -0.15) is 0 Å².